The molecule has 1 amide bonds. The highest BCUT2D eigenvalue weighted by atomic mass is 19.4. The predicted octanol–water partition coefficient (Wildman–Crippen LogP) is 3.31. The van der Waals surface area contributed by atoms with Gasteiger partial charge in [0.15, 0.2) is 11.5 Å². The van der Waals surface area contributed by atoms with Gasteiger partial charge in [-0.2, -0.15) is 13.2 Å². The van der Waals surface area contributed by atoms with Gasteiger partial charge in [-0.1, -0.05) is 6.58 Å². The highest BCUT2D eigenvalue weighted by Gasteiger charge is 2.31. The number of benzene rings is 1. The molecule has 1 atom stereocenters. The number of hydrogen-bond donors (Lipinski definition) is 1. The molecule has 0 spiro atoms. The highest BCUT2D eigenvalue weighted by molar-refractivity contribution is 5.92. The molecule has 0 radical (unpaired) electrons. The number of amides is 1. The van der Waals surface area contributed by atoms with Gasteiger partial charge in [-0.25, -0.2) is 9.67 Å². The Morgan fingerprint density at radius 1 is 1.21 bits per heavy atom. The van der Waals surface area contributed by atoms with Crippen LogP contribution in [0.4, 0.5) is 19.0 Å². The van der Waals surface area contributed by atoms with Crippen LogP contribution in [0.15, 0.2) is 54.7 Å². The van der Waals surface area contributed by atoms with Gasteiger partial charge in [-0.15, -0.1) is 5.10 Å². The summed E-state index contributed by atoms with van der Waals surface area (Å²) in [6.07, 6.45) is -2.08. The van der Waals surface area contributed by atoms with Crippen molar-refractivity contribution in [2.24, 2.45) is 11.7 Å². The fourth-order valence-electron chi connectivity index (χ4n) is 3.58. The molecule has 1 aliphatic heterocycles. The standard InChI is InChI=1S/C20H18F3N5O/c1-12(17(24)29)13-8-10-27(11-13)19-16-3-2-9-25-18(16)28(26-19)15-6-4-14(5-7-15)20(21,22)23/h2-7,9,13H,1,8,10-11H2,(H2,24,29). The lowest BCUT2D eigenvalue weighted by molar-refractivity contribution is -0.137. The van der Waals surface area contributed by atoms with Crippen LogP contribution in [0.5, 0.6) is 0 Å². The van der Waals surface area contributed by atoms with Crippen LogP contribution in [0.2, 0.25) is 0 Å². The predicted molar refractivity (Wildman–Crippen MR) is 103 cm³/mol. The Bertz CT molecular complexity index is 1090. The van der Waals surface area contributed by atoms with Gasteiger partial charge in [-0.05, 0) is 42.8 Å². The minimum atomic E-state index is -4.40. The van der Waals surface area contributed by atoms with E-state index in [-0.39, 0.29) is 5.92 Å². The molecular formula is C20H18F3N5O. The molecular weight excluding hydrogens is 383 g/mol. The minimum absolute atomic E-state index is 0.0598. The number of nitrogens with zero attached hydrogens (tertiary/aromatic N) is 4. The SMILES string of the molecule is C=C(C(N)=O)C1CCN(c2nn(-c3ccc(C(F)(F)F)cc3)c3ncccc23)C1. The second-order valence-corrected chi connectivity index (χ2v) is 6.98. The van der Waals surface area contributed by atoms with Crippen molar-refractivity contribution in [1.82, 2.24) is 14.8 Å². The Morgan fingerprint density at radius 3 is 2.59 bits per heavy atom. The molecule has 2 aromatic heterocycles. The Labute approximate surface area is 164 Å². The van der Waals surface area contributed by atoms with Gasteiger partial charge in [0.25, 0.3) is 0 Å². The van der Waals surface area contributed by atoms with Crippen LogP contribution in [-0.4, -0.2) is 33.8 Å². The van der Waals surface area contributed by atoms with E-state index in [1.807, 2.05) is 11.0 Å². The molecule has 1 fully saturated rings. The molecule has 2 N–H and O–H groups in total. The summed E-state index contributed by atoms with van der Waals surface area (Å²) in [5, 5.41) is 5.40. The van der Waals surface area contributed by atoms with Crippen molar-refractivity contribution in [3.05, 3.63) is 60.3 Å². The monoisotopic (exact) mass is 401 g/mol. The van der Waals surface area contributed by atoms with Gasteiger partial charge >= 0.3 is 6.18 Å². The number of carbonyl (C=O) groups is 1. The van der Waals surface area contributed by atoms with E-state index >= 15 is 0 Å². The first kappa shape index (κ1) is 19.0. The number of carbonyl (C=O) groups excluding carboxylic acids is 1. The van der Waals surface area contributed by atoms with E-state index in [0.717, 1.165) is 23.9 Å². The summed E-state index contributed by atoms with van der Waals surface area (Å²) in [6.45, 7) is 4.97. The average Bonchev–Trinajstić information content (AvgIpc) is 3.31. The van der Waals surface area contributed by atoms with E-state index in [1.165, 1.54) is 16.8 Å². The Balaban J connectivity index is 1.71. The number of fused-ring (bicyclic) bond motifs is 1. The lowest BCUT2D eigenvalue weighted by atomic mass is 9.99. The first-order valence-corrected chi connectivity index (χ1v) is 9.00. The van der Waals surface area contributed by atoms with Crippen molar-refractivity contribution >= 4 is 22.8 Å². The summed E-state index contributed by atoms with van der Waals surface area (Å²) in [6, 6.07) is 8.43. The molecule has 3 heterocycles. The van der Waals surface area contributed by atoms with Crippen LogP contribution in [0.3, 0.4) is 0 Å². The smallest absolute Gasteiger partial charge is 0.366 e. The molecule has 9 heteroatoms. The summed E-state index contributed by atoms with van der Waals surface area (Å²) >= 11 is 0. The third kappa shape index (κ3) is 3.43. The number of pyridine rings is 1. The summed E-state index contributed by atoms with van der Waals surface area (Å²) in [5.41, 5.74) is 6.03. The fourth-order valence-corrected chi connectivity index (χ4v) is 3.58. The van der Waals surface area contributed by atoms with Crippen LogP contribution in [-0.2, 0) is 11.0 Å². The zero-order valence-electron chi connectivity index (χ0n) is 15.4. The van der Waals surface area contributed by atoms with E-state index < -0.39 is 17.6 Å². The molecule has 3 aromatic rings. The molecule has 1 aromatic carbocycles. The van der Waals surface area contributed by atoms with E-state index in [2.05, 4.69) is 16.7 Å². The molecule has 4 rings (SSSR count). The summed E-state index contributed by atoms with van der Waals surface area (Å²) in [7, 11) is 0. The number of hydrogen-bond acceptors (Lipinski definition) is 4. The van der Waals surface area contributed by atoms with Crippen LogP contribution < -0.4 is 10.6 Å². The van der Waals surface area contributed by atoms with Gasteiger partial charge in [0, 0.05) is 30.8 Å². The van der Waals surface area contributed by atoms with Gasteiger partial charge < -0.3 is 10.6 Å². The van der Waals surface area contributed by atoms with E-state index in [0.29, 0.717) is 35.8 Å². The molecule has 1 saturated heterocycles. The lowest BCUT2D eigenvalue weighted by Crippen LogP contribution is -2.24. The topological polar surface area (TPSA) is 77.0 Å². The minimum Gasteiger partial charge on any atom is -0.366 e. The van der Waals surface area contributed by atoms with Gasteiger partial charge in [0.05, 0.1) is 16.6 Å². The van der Waals surface area contributed by atoms with Crippen LogP contribution in [0.1, 0.15) is 12.0 Å². The maximum absolute atomic E-state index is 12.9. The molecule has 1 unspecified atom stereocenters. The van der Waals surface area contributed by atoms with Gasteiger partial charge in [-0.3, -0.25) is 4.79 Å². The van der Waals surface area contributed by atoms with Crippen molar-refractivity contribution in [2.45, 2.75) is 12.6 Å². The normalized spacial score (nSPS) is 17.1. The summed E-state index contributed by atoms with van der Waals surface area (Å²) < 4.78 is 40.1. The number of aromatic nitrogens is 3. The van der Waals surface area contributed by atoms with E-state index in [1.54, 1.807) is 12.3 Å². The summed E-state index contributed by atoms with van der Waals surface area (Å²) in [4.78, 5) is 17.8. The average molecular weight is 401 g/mol. The third-order valence-corrected chi connectivity index (χ3v) is 5.16. The zero-order chi connectivity index (χ0) is 20.8. The third-order valence-electron chi connectivity index (χ3n) is 5.16. The van der Waals surface area contributed by atoms with Gasteiger partial charge in [0.2, 0.25) is 5.91 Å². The number of anilines is 1. The van der Waals surface area contributed by atoms with Gasteiger partial charge in [0.1, 0.15) is 0 Å². The molecule has 1 aliphatic rings. The number of halogens is 3. The molecule has 0 aliphatic carbocycles. The summed E-state index contributed by atoms with van der Waals surface area (Å²) in [5.74, 6) is 0.0851. The molecule has 0 saturated carbocycles. The van der Waals surface area contributed by atoms with Crippen molar-refractivity contribution in [3.63, 3.8) is 0 Å². The Kier molecular flexibility index (Phi) is 4.52. The second-order valence-electron chi connectivity index (χ2n) is 6.98. The van der Waals surface area contributed by atoms with E-state index in [9.17, 15) is 18.0 Å². The maximum Gasteiger partial charge on any atom is 0.416 e. The highest BCUT2D eigenvalue weighted by Crippen LogP contribution is 2.34. The molecule has 6 nitrogen and oxygen atoms in total. The fraction of sp³-hybridized carbons (Fsp3) is 0.250. The number of rotatable bonds is 4. The number of nitrogens with two attached hydrogens (primary N) is 1. The van der Waals surface area contributed by atoms with Crippen molar-refractivity contribution in [2.75, 3.05) is 18.0 Å². The Morgan fingerprint density at radius 2 is 1.93 bits per heavy atom. The Hall–Kier alpha value is -3.36. The zero-order valence-corrected chi connectivity index (χ0v) is 15.4. The maximum atomic E-state index is 12.9. The lowest BCUT2D eigenvalue weighted by Gasteiger charge is -2.16. The van der Waals surface area contributed by atoms with Crippen molar-refractivity contribution in [1.29, 1.82) is 0 Å². The second kappa shape index (κ2) is 6.91. The van der Waals surface area contributed by atoms with Crippen LogP contribution in [0, 0.1) is 5.92 Å². The van der Waals surface area contributed by atoms with Crippen LogP contribution in [0.25, 0.3) is 16.7 Å². The number of alkyl halides is 3. The molecule has 0 bridgehead atoms. The quantitative estimate of drug-likeness (QED) is 0.681. The first-order chi connectivity index (χ1) is 13.8. The molecule has 29 heavy (non-hydrogen) atoms. The molecule has 150 valence electrons. The van der Waals surface area contributed by atoms with E-state index in [4.69, 9.17) is 5.73 Å². The van der Waals surface area contributed by atoms with Crippen molar-refractivity contribution < 1.29 is 18.0 Å². The number of primary amides is 1. The first-order valence-electron chi connectivity index (χ1n) is 9.00. The largest absolute Gasteiger partial charge is 0.416 e. The van der Waals surface area contributed by atoms with Crippen LogP contribution >= 0.6 is 0 Å². The van der Waals surface area contributed by atoms with Crippen molar-refractivity contribution in [3.8, 4) is 5.69 Å².